The highest BCUT2D eigenvalue weighted by Crippen LogP contribution is 2.50. The SMILES string of the molecule is COc1cc([C@H]2O[C@@H](c3ccc4c(c3)OCO4)[C@H](C)[C@H]2C)ccc1O. The smallest absolute Gasteiger partial charge is 0.231 e. The van der Waals surface area contributed by atoms with E-state index in [1.165, 1.54) is 0 Å². The number of rotatable bonds is 3. The lowest BCUT2D eigenvalue weighted by molar-refractivity contribution is 0.0288. The molecule has 2 aromatic rings. The number of fused-ring (bicyclic) bond motifs is 1. The molecule has 1 N–H and O–H groups in total. The lowest BCUT2D eigenvalue weighted by atomic mass is 9.85. The molecule has 0 aliphatic carbocycles. The fraction of sp³-hybridized carbons (Fsp3) is 0.400. The largest absolute Gasteiger partial charge is 0.504 e. The van der Waals surface area contributed by atoms with E-state index < -0.39 is 0 Å². The third-order valence-corrected chi connectivity index (χ3v) is 5.34. The van der Waals surface area contributed by atoms with Crippen LogP contribution in [0.4, 0.5) is 0 Å². The van der Waals surface area contributed by atoms with Gasteiger partial charge in [-0.3, -0.25) is 0 Å². The molecule has 2 heterocycles. The molecule has 0 spiro atoms. The third kappa shape index (κ3) is 2.68. The first-order valence-electron chi connectivity index (χ1n) is 8.50. The maximum Gasteiger partial charge on any atom is 0.231 e. The first-order chi connectivity index (χ1) is 12.1. The standard InChI is InChI=1S/C20H22O5/c1-11-12(2)20(14-5-7-16-18(9-14)24-10-23-16)25-19(11)13-4-6-15(21)17(8-13)22-3/h4-9,11-12,19-21H,10H2,1-3H3/t11-,12-,19+,20-/m1/s1. The van der Waals surface area contributed by atoms with Crippen LogP contribution in [0.2, 0.25) is 0 Å². The summed E-state index contributed by atoms with van der Waals surface area (Å²) >= 11 is 0. The van der Waals surface area contributed by atoms with Crippen molar-refractivity contribution in [1.82, 2.24) is 0 Å². The zero-order valence-corrected chi connectivity index (χ0v) is 14.6. The summed E-state index contributed by atoms with van der Waals surface area (Å²) in [5.74, 6) is 2.82. The van der Waals surface area contributed by atoms with Crippen molar-refractivity contribution in [2.24, 2.45) is 11.8 Å². The normalized spacial score (nSPS) is 27.5. The predicted molar refractivity (Wildman–Crippen MR) is 92.1 cm³/mol. The van der Waals surface area contributed by atoms with Crippen molar-refractivity contribution in [3.05, 3.63) is 47.5 Å². The van der Waals surface area contributed by atoms with Gasteiger partial charge in [-0.2, -0.15) is 0 Å². The quantitative estimate of drug-likeness (QED) is 0.905. The van der Waals surface area contributed by atoms with Gasteiger partial charge in [0, 0.05) is 0 Å². The summed E-state index contributed by atoms with van der Waals surface area (Å²) in [5.41, 5.74) is 2.11. The molecule has 0 bridgehead atoms. The topological polar surface area (TPSA) is 57.2 Å². The van der Waals surface area contributed by atoms with Gasteiger partial charge in [-0.25, -0.2) is 0 Å². The Balaban J connectivity index is 1.63. The van der Waals surface area contributed by atoms with E-state index in [1.807, 2.05) is 30.3 Å². The van der Waals surface area contributed by atoms with Gasteiger partial charge in [-0.15, -0.1) is 0 Å². The van der Waals surface area contributed by atoms with E-state index in [0.29, 0.717) is 17.6 Å². The molecule has 132 valence electrons. The summed E-state index contributed by atoms with van der Waals surface area (Å²) in [7, 11) is 1.55. The van der Waals surface area contributed by atoms with Crippen molar-refractivity contribution < 1.29 is 24.1 Å². The average molecular weight is 342 g/mol. The molecule has 2 aliphatic heterocycles. The van der Waals surface area contributed by atoms with Crippen LogP contribution >= 0.6 is 0 Å². The van der Waals surface area contributed by atoms with Gasteiger partial charge in [-0.1, -0.05) is 26.0 Å². The molecule has 0 saturated carbocycles. The molecule has 0 amide bonds. The van der Waals surface area contributed by atoms with Crippen molar-refractivity contribution in [3.8, 4) is 23.0 Å². The number of hydrogen-bond donors (Lipinski definition) is 1. The summed E-state index contributed by atoms with van der Waals surface area (Å²) in [6, 6.07) is 11.4. The summed E-state index contributed by atoms with van der Waals surface area (Å²) in [5, 5.41) is 9.82. The number of aromatic hydroxyl groups is 1. The van der Waals surface area contributed by atoms with Crippen molar-refractivity contribution in [3.63, 3.8) is 0 Å². The minimum absolute atomic E-state index is 0.0192. The average Bonchev–Trinajstić information content (AvgIpc) is 3.20. The lowest BCUT2D eigenvalue weighted by Crippen LogP contribution is -2.09. The predicted octanol–water partition coefficient (Wildman–Crippen LogP) is 4.21. The number of phenolic OH excluding ortho intramolecular Hbond substituents is 1. The number of hydrogen-bond acceptors (Lipinski definition) is 5. The Morgan fingerprint density at radius 1 is 0.920 bits per heavy atom. The van der Waals surface area contributed by atoms with Crippen LogP contribution in [-0.4, -0.2) is 19.0 Å². The molecule has 4 atom stereocenters. The summed E-state index contributed by atoms with van der Waals surface area (Å²) in [6.07, 6.45) is -0.0748. The van der Waals surface area contributed by atoms with Crippen LogP contribution in [0.3, 0.4) is 0 Å². The van der Waals surface area contributed by atoms with Gasteiger partial charge >= 0.3 is 0 Å². The minimum Gasteiger partial charge on any atom is -0.504 e. The number of benzene rings is 2. The number of phenols is 1. The third-order valence-electron chi connectivity index (χ3n) is 5.34. The molecular formula is C20H22O5. The lowest BCUT2D eigenvalue weighted by Gasteiger charge is -2.17. The Morgan fingerprint density at radius 3 is 2.28 bits per heavy atom. The van der Waals surface area contributed by atoms with E-state index in [1.54, 1.807) is 13.2 Å². The Hall–Kier alpha value is -2.40. The van der Waals surface area contributed by atoms with Gasteiger partial charge in [0.1, 0.15) is 0 Å². The van der Waals surface area contributed by atoms with Crippen LogP contribution in [0.5, 0.6) is 23.0 Å². The van der Waals surface area contributed by atoms with Crippen molar-refractivity contribution >= 4 is 0 Å². The van der Waals surface area contributed by atoms with Crippen LogP contribution < -0.4 is 14.2 Å². The molecule has 1 fully saturated rings. The summed E-state index contributed by atoms with van der Waals surface area (Å²) in [6.45, 7) is 4.67. The molecule has 2 aromatic carbocycles. The van der Waals surface area contributed by atoms with Gasteiger partial charge < -0.3 is 24.1 Å². The van der Waals surface area contributed by atoms with E-state index in [0.717, 1.165) is 22.6 Å². The van der Waals surface area contributed by atoms with E-state index in [9.17, 15) is 5.11 Å². The molecule has 2 aliphatic rings. The molecular weight excluding hydrogens is 320 g/mol. The second-order valence-corrected chi connectivity index (χ2v) is 6.74. The number of methoxy groups -OCH3 is 1. The van der Waals surface area contributed by atoms with E-state index in [2.05, 4.69) is 13.8 Å². The van der Waals surface area contributed by atoms with E-state index >= 15 is 0 Å². The number of ether oxygens (including phenoxy) is 4. The molecule has 5 heteroatoms. The summed E-state index contributed by atoms with van der Waals surface area (Å²) in [4.78, 5) is 0. The molecule has 1 saturated heterocycles. The highest BCUT2D eigenvalue weighted by Gasteiger charge is 2.41. The molecule has 4 rings (SSSR count). The van der Waals surface area contributed by atoms with Gasteiger partial charge in [-0.05, 0) is 47.2 Å². The molecule has 0 unspecified atom stereocenters. The Morgan fingerprint density at radius 2 is 1.56 bits per heavy atom. The Kier molecular flexibility index (Phi) is 3.96. The highest BCUT2D eigenvalue weighted by molar-refractivity contribution is 5.46. The van der Waals surface area contributed by atoms with Crippen LogP contribution in [0.15, 0.2) is 36.4 Å². The molecule has 0 aromatic heterocycles. The fourth-order valence-corrected chi connectivity index (χ4v) is 3.68. The van der Waals surface area contributed by atoms with Gasteiger partial charge in [0.15, 0.2) is 23.0 Å². The van der Waals surface area contributed by atoms with Crippen LogP contribution in [-0.2, 0) is 4.74 Å². The van der Waals surface area contributed by atoms with E-state index in [-0.39, 0.29) is 24.8 Å². The van der Waals surface area contributed by atoms with Crippen LogP contribution in [0.1, 0.15) is 37.2 Å². The van der Waals surface area contributed by atoms with E-state index in [4.69, 9.17) is 18.9 Å². The second-order valence-electron chi connectivity index (χ2n) is 6.74. The van der Waals surface area contributed by atoms with Crippen LogP contribution in [0.25, 0.3) is 0 Å². The first kappa shape index (κ1) is 16.1. The Labute approximate surface area is 147 Å². The van der Waals surface area contributed by atoms with Gasteiger partial charge in [0.25, 0.3) is 0 Å². The van der Waals surface area contributed by atoms with Crippen LogP contribution in [0, 0.1) is 11.8 Å². The monoisotopic (exact) mass is 342 g/mol. The zero-order chi connectivity index (χ0) is 17.6. The second kappa shape index (κ2) is 6.15. The van der Waals surface area contributed by atoms with Gasteiger partial charge in [0.05, 0.1) is 19.3 Å². The Bertz CT molecular complexity index is 767. The maximum atomic E-state index is 9.82. The summed E-state index contributed by atoms with van der Waals surface area (Å²) < 4.78 is 22.5. The molecule has 25 heavy (non-hydrogen) atoms. The fourth-order valence-electron chi connectivity index (χ4n) is 3.68. The minimum atomic E-state index is -0.0556. The molecule has 0 radical (unpaired) electrons. The zero-order valence-electron chi connectivity index (χ0n) is 14.6. The van der Waals surface area contributed by atoms with Gasteiger partial charge in [0.2, 0.25) is 6.79 Å². The highest BCUT2D eigenvalue weighted by atomic mass is 16.7. The van der Waals surface area contributed by atoms with Crippen molar-refractivity contribution in [1.29, 1.82) is 0 Å². The maximum absolute atomic E-state index is 9.82. The van der Waals surface area contributed by atoms with Crippen molar-refractivity contribution in [2.45, 2.75) is 26.1 Å². The first-order valence-corrected chi connectivity index (χ1v) is 8.50. The molecule has 5 nitrogen and oxygen atoms in total. The van der Waals surface area contributed by atoms with Crippen molar-refractivity contribution in [2.75, 3.05) is 13.9 Å².